The highest BCUT2D eigenvalue weighted by Gasteiger charge is 2.30. The molecule has 0 aromatic carbocycles. The summed E-state index contributed by atoms with van der Waals surface area (Å²) in [5.74, 6) is 0.489. The molecule has 0 radical (unpaired) electrons. The summed E-state index contributed by atoms with van der Waals surface area (Å²) in [6.07, 6.45) is 2.02. The zero-order valence-corrected chi connectivity index (χ0v) is 12.6. The first-order chi connectivity index (χ1) is 9.37. The van der Waals surface area contributed by atoms with Crippen LogP contribution in [-0.2, 0) is 19.4 Å². The van der Waals surface area contributed by atoms with Gasteiger partial charge in [0.25, 0.3) is 0 Å². The Hall–Kier alpha value is -1.11. The molecular formula is C13H22N2O4S. The average Bonchev–Trinajstić information content (AvgIpc) is 2.75. The van der Waals surface area contributed by atoms with E-state index in [1.54, 1.807) is 11.8 Å². The van der Waals surface area contributed by atoms with Crippen LogP contribution in [0.1, 0.15) is 26.2 Å². The number of hydrogen-bond acceptors (Lipinski definition) is 4. The van der Waals surface area contributed by atoms with Crippen LogP contribution in [-0.4, -0.2) is 56.3 Å². The van der Waals surface area contributed by atoms with Crippen LogP contribution in [0.2, 0.25) is 0 Å². The molecule has 0 aliphatic carbocycles. The van der Waals surface area contributed by atoms with Crippen molar-refractivity contribution in [2.24, 2.45) is 11.8 Å². The number of hydrogen-bond donors (Lipinski definition) is 1. The fraction of sp³-hybridized carbons (Fsp3) is 0.846. The molecule has 6 nitrogen and oxygen atoms in total. The van der Waals surface area contributed by atoms with Gasteiger partial charge in [-0.2, -0.15) is 0 Å². The van der Waals surface area contributed by atoms with E-state index in [1.165, 1.54) is 0 Å². The van der Waals surface area contributed by atoms with E-state index >= 15 is 0 Å². The van der Waals surface area contributed by atoms with Crippen molar-refractivity contribution >= 4 is 21.7 Å². The largest absolute Gasteiger partial charge is 0.356 e. The number of carbonyl (C=O) groups is 2. The Morgan fingerprint density at radius 2 is 1.85 bits per heavy atom. The van der Waals surface area contributed by atoms with Gasteiger partial charge in [0.05, 0.1) is 11.5 Å². The quantitative estimate of drug-likeness (QED) is 0.782. The minimum atomic E-state index is -2.88. The van der Waals surface area contributed by atoms with E-state index in [-0.39, 0.29) is 35.2 Å². The van der Waals surface area contributed by atoms with Crippen LogP contribution < -0.4 is 5.32 Å². The van der Waals surface area contributed by atoms with Gasteiger partial charge >= 0.3 is 0 Å². The highest BCUT2D eigenvalue weighted by Crippen LogP contribution is 2.19. The Morgan fingerprint density at radius 3 is 2.35 bits per heavy atom. The van der Waals surface area contributed by atoms with Crippen molar-refractivity contribution in [3.8, 4) is 0 Å². The molecule has 2 amide bonds. The Balaban J connectivity index is 1.72. The van der Waals surface area contributed by atoms with Gasteiger partial charge in [0.2, 0.25) is 11.8 Å². The Kier molecular flexibility index (Phi) is 4.67. The average molecular weight is 302 g/mol. The summed E-state index contributed by atoms with van der Waals surface area (Å²) in [5.41, 5.74) is 0. The summed E-state index contributed by atoms with van der Waals surface area (Å²) >= 11 is 0. The highest BCUT2D eigenvalue weighted by atomic mass is 32.2. The van der Waals surface area contributed by atoms with Crippen molar-refractivity contribution in [1.29, 1.82) is 0 Å². The van der Waals surface area contributed by atoms with E-state index in [4.69, 9.17) is 0 Å². The number of nitrogens with zero attached hydrogens (tertiary/aromatic N) is 1. The van der Waals surface area contributed by atoms with Gasteiger partial charge in [-0.3, -0.25) is 9.59 Å². The fourth-order valence-corrected chi connectivity index (χ4v) is 4.74. The molecule has 114 valence electrons. The minimum Gasteiger partial charge on any atom is -0.356 e. The molecule has 1 N–H and O–H groups in total. The van der Waals surface area contributed by atoms with Crippen molar-refractivity contribution in [1.82, 2.24) is 10.2 Å². The maximum Gasteiger partial charge on any atom is 0.223 e. The molecule has 1 atom stereocenters. The molecule has 2 heterocycles. The molecule has 0 saturated carbocycles. The Bertz CT molecular complexity index is 481. The number of rotatable bonds is 3. The van der Waals surface area contributed by atoms with Gasteiger partial charge in [0, 0.05) is 32.5 Å². The van der Waals surface area contributed by atoms with E-state index in [9.17, 15) is 18.0 Å². The third-order valence-corrected chi connectivity index (χ3v) is 6.04. The van der Waals surface area contributed by atoms with E-state index in [1.807, 2.05) is 0 Å². The van der Waals surface area contributed by atoms with Crippen LogP contribution >= 0.6 is 0 Å². The lowest BCUT2D eigenvalue weighted by molar-refractivity contribution is -0.134. The van der Waals surface area contributed by atoms with E-state index in [0.29, 0.717) is 38.9 Å². The van der Waals surface area contributed by atoms with Gasteiger partial charge in [-0.25, -0.2) is 8.42 Å². The van der Waals surface area contributed by atoms with Gasteiger partial charge < -0.3 is 10.2 Å². The van der Waals surface area contributed by atoms with Gasteiger partial charge in [-0.15, -0.1) is 0 Å². The molecule has 2 fully saturated rings. The summed E-state index contributed by atoms with van der Waals surface area (Å²) in [6, 6.07) is 0. The maximum atomic E-state index is 12.0. The number of likely N-dealkylation sites (tertiary alicyclic amines) is 1. The van der Waals surface area contributed by atoms with Gasteiger partial charge in [0.1, 0.15) is 0 Å². The summed E-state index contributed by atoms with van der Waals surface area (Å²) < 4.78 is 22.7. The second-order valence-corrected chi connectivity index (χ2v) is 8.02. The van der Waals surface area contributed by atoms with Crippen molar-refractivity contribution in [3.63, 3.8) is 0 Å². The molecule has 20 heavy (non-hydrogen) atoms. The van der Waals surface area contributed by atoms with Crippen LogP contribution in [0.3, 0.4) is 0 Å². The first-order valence-electron chi connectivity index (χ1n) is 7.11. The molecule has 2 rings (SSSR count). The molecular weight excluding hydrogens is 280 g/mol. The molecule has 0 spiro atoms. The van der Waals surface area contributed by atoms with Crippen LogP contribution in [0, 0.1) is 11.8 Å². The fourth-order valence-electron chi connectivity index (χ4n) is 2.88. The number of piperidine rings is 1. The predicted molar refractivity (Wildman–Crippen MR) is 74.7 cm³/mol. The molecule has 2 saturated heterocycles. The Labute approximate surface area is 119 Å². The number of amides is 2. The van der Waals surface area contributed by atoms with Crippen molar-refractivity contribution in [2.75, 3.05) is 31.1 Å². The summed E-state index contributed by atoms with van der Waals surface area (Å²) in [5, 5.41) is 2.87. The third-order valence-electron chi connectivity index (χ3n) is 4.20. The SMILES string of the molecule is CC(=O)N1CCC(C(=O)NC[C@H]2CCS(=O)(=O)C2)CC1. The summed E-state index contributed by atoms with van der Waals surface area (Å²) in [7, 11) is -2.88. The zero-order chi connectivity index (χ0) is 14.8. The van der Waals surface area contributed by atoms with Gasteiger partial charge in [-0.05, 0) is 25.2 Å². The van der Waals surface area contributed by atoms with Gasteiger partial charge in [-0.1, -0.05) is 0 Å². The summed E-state index contributed by atoms with van der Waals surface area (Å²) in [4.78, 5) is 25.0. The molecule has 7 heteroatoms. The maximum absolute atomic E-state index is 12.0. The van der Waals surface area contributed by atoms with Gasteiger partial charge in [0.15, 0.2) is 9.84 Å². The number of sulfone groups is 1. The summed E-state index contributed by atoms with van der Waals surface area (Å²) in [6.45, 7) is 3.25. The normalized spacial score (nSPS) is 26.4. The highest BCUT2D eigenvalue weighted by molar-refractivity contribution is 7.91. The van der Waals surface area contributed by atoms with E-state index in [0.717, 1.165) is 0 Å². The lowest BCUT2D eigenvalue weighted by Gasteiger charge is -2.30. The molecule has 0 unspecified atom stereocenters. The van der Waals surface area contributed by atoms with Crippen LogP contribution in [0.15, 0.2) is 0 Å². The first-order valence-corrected chi connectivity index (χ1v) is 8.93. The molecule has 2 aliphatic rings. The molecule has 0 aromatic rings. The van der Waals surface area contributed by atoms with E-state index in [2.05, 4.69) is 5.32 Å². The number of carbonyl (C=O) groups excluding carboxylic acids is 2. The predicted octanol–water partition coefficient (Wildman–Crippen LogP) is -0.204. The second kappa shape index (κ2) is 6.11. The van der Waals surface area contributed by atoms with Crippen LogP contribution in [0.5, 0.6) is 0 Å². The topological polar surface area (TPSA) is 83.6 Å². The van der Waals surface area contributed by atoms with Crippen molar-refractivity contribution in [2.45, 2.75) is 26.2 Å². The van der Waals surface area contributed by atoms with Crippen LogP contribution in [0.4, 0.5) is 0 Å². The minimum absolute atomic E-state index is 0.00231. The standard InChI is InChI=1S/C13H22N2O4S/c1-10(16)15-5-2-12(3-6-15)13(17)14-8-11-4-7-20(18,19)9-11/h11-12H,2-9H2,1H3,(H,14,17)/t11-/m1/s1. The zero-order valence-electron chi connectivity index (χ0n) is 11.8. The van der Waals surface area contributed by atoms with E-state index < -0.39 is 9.84 Å². The first kappa shape index (κ1) is 15.3. The molecule has 0 bridgehead atoms. The molecule has 0 aromatic heterocycles. The lowest BCUT2D eigenvalue weighted by Crippen LogP contribution is -2.43. The third kappa shape index (κ3) is 3.94. The Morgan fingerprint density at radius 1 is 1.20 bits per heavy atom. The second-order valence-electron chi connectivity index (χ2n) is 5.79. The smallest absolute Gasteiger partial charge is 0.223 e. The van der Waals surface area contributed by atoms with Crippen molar-refractivity contribution in [3.05, 3.63) is 0 Å². The van der Waals surface area contributed by atoms with Crippen molar-refractivity contribution < 1.29 is 18.0 Å². The monoisotopic (exact) mass is 302 g/mol. The lowest BCUT2D eigenvalue weighted by atomic mass is 9.95. The number of nitrogens with one attached hydrogen (secondary N) is 1. The van der Waals surface area contributed by atoms with Crippen LogP contribution in [0.25, 0.3) is 0 Å². The molecule has 2 aliphatic heterocycles.